The van der Waals surface area contributed by atoms with Crippen molar-refractivity contribution in [1.82, 2.24) is 0 Å². The Hall–Kier alpha value is 0. The Bertz CT molecular complexity index is 86.0. The molecule has 0 unspecified atom stereocenters. The van der Waals surface area contributed by atoms with Crippen LogP contribution in [-0.2, 0) is 0 Å². The van der Waals surface area contributed by atoms with Gasteiger partial charge in [0.15, 0.2) is 0 Å². The van der Waals surface area contributed by atoms with Gasteiger partial charge < -0.3 is 0 Å². The van der Waals surface area contributed by atoms with Crippen molar-refractivity contribution < 1.29 is 0 Å². The topological polar surface area (TPSA) is 0 Å². The van der Waals surface area contributed by atoms with Gasteiger partial charge in [0.05, 0.1) is 0 Å². The molecule has 3 atom stereocenters. The molecule has 1 aliphatic rings. The maximum absolute atomic E-state index is 2.39. The highest BCUT2D eigenvalue weighted by Gasteiger charge is 2.20. The van der Waals surface area contributed by atoms with E-state index in [1.54, 1.807) is 0 Å². The molecule has 0 nitrogen and oxygen atoms in total. The Morgan fingerprint density at radius 1 is 0.889 bits per heavy atom. The molecular weight excluding hydrogens is 108 g/mol. The van der Waals surface area contributed by atoms with E-state index in [2.05, 4.69) is 20.8 Å². The highest BCUT2D eigenvalue weighted by molar-refractivity contribution is 4.72. The largest absolute Gasteiger partial charge is 0.0625 e. The Morgan fingerprint density at radius 2 is 1.56 bits per heavy atom. The predicted molar refractivity (Wildman–Crippen MR) is 41.3 cm³/mol. The molecule has 0 saturated heterocycles. The van der Waals surface area contributed by atoms with E-state index in [4.69, 9.17) is 0 Å². The minimum absolute atomic E-state index is 0.980. The molecule has 0 amide bonds. The molecule has 0 aromatic heterocycles. The lowest BCUT2D eigenvalue weighted by Gasteiger charge is -2.29. The average molecular weight is 126 g/mol. The van der Waals surface area contributed by atoms with Crippen molar-refractivity contribution in [1.29, 1.82) is 0 Å². The summed E-state index contributed by atoms with van der Waals surface area (Å²) in [6.45, 7) is 7.15. The van der Waals surface area contributed by atoms with Gasteiger partial charge >= 0.3 is 0 Å². The second kappa shape index (κ2) is 2.72. The molecule has 0 aromatic rings. The molecule has 1 aliphatic carbocycles. The van der Waals surface area contributed by atoms with Gasteiger partial charge in [0, 0.05) is 0 Å². The van der Waals surface area contributed by atoms with Gasteiger partial charge in [0.2, 0.25) is 0 Å². The van der Waals surface area contributed by atoms with Crippen LogP contribution < -0.4 is 0 Å². The van der Waals surface area contributed by atoms with Gasteiger partial charge in [-0.15, -0.1) is 0 Å². The van der Waals surface area contributed by atoms with Gasteiger partial charge in [-0.05, 0) is 24.2 Å². The van der Waals surface area contributed by atoms with Crippen LogP contribution in [-0.4, -0.2) is 0 Å². The molecule has 0 radical (unpaired) electrons. The van der Waals surface area contributed by atoms with Crippen molar-refractivity contribution >= 4 is 0 Å². The molecule has 9 heavy (non-hydrogen) atoms. The number of hydrogen-bond acceptors (Lipinski definition) is 0. The Labute approximate surface area is 58.7 Å². The van der Waals surface area contributed by atoms with Crippen molar-refractivity contribution in [3.8, 4) is 0 Å². The van der Waals surface area contributed by atoms with Crippen molar-refractivity contribution in [2.75, 3.05) is 0 Å². The quantitative estimate of drug-likeness (QED) is 0.468. The molecule has 0 aromatic carbocycles. The summed E-state index contributed by atoms with van der Waals surface area (Å²) < 4.78 is 0. The summed E-state index contributed by atoms with van der Waals surface area (Å²) in [7, 11) is 0. The van der Waals surface area contributed by atoms with E-state index in [1.807, 2.05) is 0 Å². The first-order chi connectivity index (χ1) is 4.20. The van der Waals surface area contributed by atoms with Crippen LogP contribution in [0.25, 0.3) is 0 Å². The zero-order chi connectivity index (χ0) is 6.85. The fourth-order valence-corrected chi connectivity index (χ4v) is 1.82. The fraction of sp³-hybridized carbons (Fsp3) is 1.00. The summed E-state index contributed by atoms with van der Waals surface area (Å²) in [6, 6.07) is 0. The van der Waals surface area contributed by atoms with Crippen LogP contribution in [0.15, 0.2) is 0 Å². The second-order valence-electron chi connectivity index (χ2n) is 3.87. The molecule has 1 rings (SSSR count). The van der Waals surface area contributed by atoms with E-state index in [-0.39, 0.29) is 0 Å². The predicted octanol–water partition coefficient (Wildman–Crippen LogP) is 3.08. The van der Waals surface area contributed by atoms with Gasteiger partial charge in [0.25, 0.3) is 0 Å². The van der Waals surface area contributed by atoms with E-state index in [9.17, 15) is 0 Å². The smallest absolute Gasteiger partial charge is 0.0414 e. The zero-order valence-electron chi connectivity index (χ0n) is 6.85. The monoisotopic (exact) mass is 126 g/mol. The second-order valence-corrected chi connectivity index (χ2v) is 3.87. The van der Waals surface area contributed by atoms with Crippen molar-refractivity contribution in [3.63, 3.8) is 0 Å². The highest BCUT2D eigenvalue weighted by atomic mass is 14.3. The van der Waals surface area contributed by atoms with Gasteiger partial charge in [-0.2, -0.15) is 0 Å². The minimum atomic E-state index is 0.980. The molecular formula is C9H18. The molecule has 54 valence electrons. The Balaban J connectivity index is 2.35. The molecule has 0 heteroatoms. The summed E-state index contributed by atoms with van der Waals surface area (Å²) in [5, 5.41) is 0. The van der Waals surface area contributed by atoms with Crippen molar-refractivity contribution in [2.24, 2.45) is 17.8 Å². The third kappa shape index (κ3) is 1.70. The van der Waals surface area contributed by atoms with Crippen LogP contribution >= 0.6 is 0 Å². The van der Waals surface area contributed by atoms with Gasteiger partial charge in [-0.25, -0.2) is 0 Å². The average Bonchev–Trinajstić information content (AvgIpc) is 1.80. The van der Waals surface area contributed by atoms with Crippen LogP contribution in [0.3, 0.4) is 0 Å². The Kier molecular flexibility index (Phi) is 2.15. The van der Waals surface area contributed by atoms with E-state index >= 15 is 0 Å². The van der Waals surface area contributed by atoms with Crippen LogP contribution in [0, 0.1) is 17.8 Å². The summed E-state index contributed by atoms with van der Waals surface area (Å²) >= 11 is 0. The number of hydrogen-bond donors (Lipinski definition) is 0. The minimum Gasteiger partial charge on any atom is -0.0625 e. The lowest BCUT2D eigenvalue weighted by molar-refractivity contribution is 0.220. The fourth-order valence-electron chi connectivity index (χ4n) is 1.82. The first kappa shape index (κ1) is 7.11. The first-order valence-corrected chi connectivity index (χ1v) is 4.20. The summed E-state index contributed by atoms with van der Waals surface area (Å²) in [4.78, 5) is 0. The van der Waals surface area contributed by atoms with Crippen molar-refractivity contribution in [3.05, 3.63) is 0 Å². The first-order valence-electron chi connectivity index (χ1n) is 4.20. The van der Waals surface area contributed by atoms with Crippen LogP contribution in [0.1, 0.15) is 40.0 Å². The van der Waals surface area contributed by atoms with E-state index in [0.717, 1.165) is 17.8 Å². The SMILES string of the molecule is C[C@@H]1CC[C@@H](C)[C@H](C)C1. The zero-order valence-corrected chi connectivity index (χ0v) is 6.85. The van der Waals surface area contributed by atoms with E-state index < -0.39 is 0 Å². The standard InChI is InChI=1S/C9H18/c1-7-4-5-8(2)9(3)6-7/h7-9H,4-6H2,1-3H3/t7-,8-,9-/m1/s1. The third-order valence-electron chi connectivity index (χ3n) is 2.86. The molecule has 0 spiro atoms. The van der Waals surface area contributed by atoms with Gasteiger partial charge in [-0.3, -0.25) is 0 Å². The lowest BCUT2D eigenvalue weighted by atomic mass is 9.77. The van der Waals surface area contributed by atoms with Crippen LogP contribution in [0.4, 0.5) is 0 Å². The molecule has 0 heterocycles. The van der Waals surface area contributed by atoms with Crippen LogP contribution in [0.5, 0.6) is 0 Å². The highest BCUT2D eigenvalue weighted by Crippen LogP contribution is 2.32. The molecule has 1 fully saturated rings. The molecule has 0 N–H and O–H groups in total. The maximum Gasteiger partial charge on any atom is -0.0414 e. The summed E-state index contributed by atoms with van der Waals surface area (Å²) in [5.74, 6) is 2.96. The van der Waals surface area contributed by atoms with Gasteiger partial charge in [0.1, 0.15) is 0 Å². The lowest BCUT2D eigenvalue weighted by Crippen LogP contribution is -2.18. The molecule has 1 saturated carbocycles. The summed E-state index contributed by atoms with van der Waals surface area (Å²) in [5.41, 5.74) is 0. The van der Waals surface area contributed by atoms with E-state index in [1.165, 1.54) is 19.3 Å². The summed E-state index contributed by atoms with van der Waals surface area (Å²) in [6.07, 6.45) is 4.38. The molecule has 0 bridgehead atoms. The molecule has 0 aliphatic heterocycles. The van der Waals surface area contributed by atoms with Gasteiger partial charge in [-0.1, -0.05) is 33.6 Å². The van der Waals surface area contributed by atoms with Crippen molar-refractivity contribution in [2.45, 2.75) is 40.0 Å². The normalized spacial score (nSPS) is 45.0. The third-order valence-corrected chi connectivity index (χ3v) is 2.86. The maximum atomic E-state index is 2.39. The van der Waals surface area contributed by atoms with Crippen LogP contribution in [0.2, 0.25) is 0 Å². The Morgan fingerprint density at radius 3 is 2.00 bits per heavy atom. The number of rotatable bonds is 0. The van der Waals surface area contributed by atoms with E-state index in [0.29, 0.717) is 0 Å².